The molecule has 0 aliphatic carbocycles. The van der Waals surface area contributed by atoms with Crippen LogP contribution < -0.4 is 4.74 Å². The fraction of sp³-hybridized carbons (Fsp3) is 0.400. The van der Waals surface area contributed by atoms with E-state index in [4.69, 9.17) is 4.74 Å². The topological polar surface area (TPSA) is 9.23 Å². The average Bonchev–Trinajstić information content (AvgIpc) is 1.94. The molecule has 0 spiro atoms. The van der Waals surface area contributed by atoms with Gasteiger partial charge in [-0.2, -0.15) is 0 Å². The third kappa shape index (κ3) is 3.85. The first-order chi connectivity index (χ1) is 5.88. The van der Waals surface area contributed by atoms with Gasteiger partial charge in [0.05, 0.1) is 0 Å². The zero-order chi connectivity index (χ0) is 10.1. The molecule has 1 aromatic carbocycles. The van der Waals surface area contributed by atoms with Crippen molar-refractivity contribution in [1.29, 1.82) is 0 Å². The molecule has 0 unspecified atom stereocenters. The van der Waals surface area contributed by atoms with Gasteiger partial charge in [0.2, 0.25) is 0 Å². The number of hydrogen-bond acceptors (Lipinski definition) is 1. The molecule has 0 aliphatic rings. The molecular formula is C10H12BrIO. The molecule has 0 radical (unpaired) electrons. The van der Waals surface area contributed by atoms with Gasteiger partial charge in [-0.25, -0.2) is 0 Å². The largest absolute Gasteiger partial charge is 0.488 e. The van der Waals surface area contributed by atoms with E-state index >= 15 is 0 Å². The minimum Gasteiger partial charge on any atom is -0.488 e. The maximum Gasteiger partial charge on any atom is 0.121 e. The summed E-state index contributed by atoms with van der Waals surface area (Å²) in [4.78, 5) is 0. The lowest BCUT2D eigenvalue weighted by Gasteiger charge is -2.21. The lowest BCUT2D eigenvalue weighted by Crippen LogP contribution is -2.22. The van der Waals surface area contributed by atoms with Crippen molar-refractivity contribution < 1.29 is 4.74 Å². The molecule has 0 amide bonds. The number of hydrogen-bond donors (Lipinski definition) is 0. The molecule has 0 bridgehead atoms. The third-order valence-corrected chi connectivity index (χ3v) is 3.65. The molecule has 0 saturated heterocycles. The van der Waals surface area contributed by atoms with Crippen LogP contribution in [0.15, 0.2) is 22.7 Å². The van der Waals surface area contributed by atoms with Crippen molar-refractivity contribution in [3.05, 3.63) is 26.2 Å². The van der Waals surface area contributed by atoms with Crippen LogP contribution in [0.5, 0.6) is 5.75 Å². The highest BCUT2D eigenvalue weighted by Crippen LogP contribution is 2.26. The minimum atomic E-state index is -0.133. The highest BCUT2D eigenvalue weighted by atomic mass is 127. The Hall–Kier alpha value is 0.230. The summed E-state index contributed by atoms with van der Waals surface area (Å²) in [6.07, 6.45) is 0. The van der Waals surface area contributed by atoms with E-state index in [9.17, 15) is 0 Å². The number of halogens is 2. The lowest BCUT2D eigenvalue weighted by atomic mass is 10.2. The fourth-order valence-electron chi connectivity index (χ4n) is 0.894. The quantitative estimate of drug-likeness (QED) is 0.686. The predicted octanol–water partition coefficient (Wildman–Crippen LogP) is 4.23. The van der Waals surface area contributed by atoms with Crippen molar-refractivity contribution >= 4 is 38.5 Å². The maximum absolute atomic E-state index is 5.70. The number of rotatable bonds is 1. The summed E-state index contributed by atoms with van der Waals surface area (Å²) < 4.78 is 7.98. The SMILES string of the molecule is CC(C)(C)Oc1ccc(I)c(Br)c1. The Labute approximate surface area is 101 Å². The smallest absolute Gasteiger partial charge is 0.121 e. The van der Waals surface area contributed by atoms with Crippen molar-refractivity contribution in [2.75, 3.05) is 0 Å². The summed E-state index contributed by atoms with van der Waals surface area (Å²) >= 11 is 5.74. The predicted molar refractivity (Wildman–Crippen MR) is 67.2 cm³/mol. The Balaban J connectivity index is 2.86. The molecule has 0 aromatic heterocycles. The van der Waals surface area contributed by atoms with E-state index in [-0.39, 0.29) is 5.60 Å². The second-order valence-corrected chi connectivity index (χ2v) is 5.81. The van der Waals surface area contributed by atoms with Crippen molar-refractivity contribution in [3.8, 4) is 5.75 Å². The molecule has 0 aliphatic heterocycles. The number of ether oxygens (including phenoxy) is 1. The summed E-state index contributed by atoms with van der Waals surface area (Å²) in [6, 6.07) is 6.01. The zero-order valence-corrected chi connectivity index (χ0v) is 11.6. The van der Waals surface area contributed by atoms with Crippen molar-refractivity contribution in [2.24, 2.45) is 0 Å². The van der Waals surface area contributed by atoms with Crippen LogP contribution in [-0.4, -0.2) is 5.60 Å². The van der Waals surface area contributed by atoms with Crippen LogP contribution in [0.2, 0.25) is 0 Å². The molecule has 0 saturated carbocycles. The van der Waals surface area contributed by atoms with Crippen LogP contribution in [0, 0.1) is 3.57 Å². The first-order valence-electron chi connectivity index (χ1n) is 4.02. The molecule has 1 aromatic rings. The van der Waals surface area contributed by atoms with Crippen LogP contribution in [-0.2, 0) is 0 Å². The van der Waals surface area contributed by atoms with Gasteiger partial charge in [0.15, 0.2) is 0 Å². The van der Waals surface area contributed by atoms with E-state index < -0.39 is 0 Å². The van der Waals surface area contributed by atoms with Gasteiger partial charge in [-0.05, 0) is 77.5 Å². The Morgan fingerprint density at radius 1 is 1.31 bits per heavy atom. The summed E-state index contributed by atoms with van der Waals surface area (Å²) in [6.45, 7) is 6.12. The van der Waals surface area contributed by atoms with Crippen molar-refractivity contribution in [1.82, 2.24) is 0 Å². The fourth-order valence-corrected chi connectivity index (χ4v) is 1.59. The molecule has 13 heavy (non-hydrogen) atoms. The van der Waals surface area contributed by atoms with Crippen molar-refractivity contribution in [2.45, 2.75) is 26.4 Å². The van der Waals surface area contributed by atoms with Gasteiger partial charge < -0.3 is 4.74 Å². The molecule has 0 heterocycles. The lowest BCUT2D eigenvalue weighted by molar-refractivity contribution is 0.131. The molecule has 0 N–H and O–H groups in total. The Morgan fingerprint density at radius 2 is 1.92 bits per heavy atom. The summed E-state index contributed by atoms with van der Waals surface area (Å²) in [5, 5.41) is 0. The van der Waals surface area contributed by atoms with Gasteiger partial charge in [0.25, 0.3) is 0 Å². The van der Waals surface area contributed by atoms with E-state index in [0.717, 1.165) is 10.2 Å². The standard InChI is InChI=1S/C10H12BrIO/c1-10(2,3)13-7-4-5-9(12)8(11)6-7/h4-6H,1-3H3. The van der Waals surface area contributed by atoms with Crippen LogP contribution >= 0.6 is 38.5 Å². The second kappa shape index (κ2) is 4.17. The first-order valence-corrected chi connectivity index (χ1v) is 5.90. The molecule has 1 rings (SSSR count). The molecular weight excluding hydrogens is 343 g/mol. The van der Waals surface area contributed by atoms with Gasteiger partial charge in [-0.1, -0.05) is 0 Å². The van der Waals surface area contributed by atoms with Gasteiger partial charge in [-0.15, -0.1) is 0 Å². The normalized spacial score (nSPS) is 11.5. The Bertz CT molecular complexity index is 304. The van der Waals surface area contributed by atoms with Gasteiger partial charge in [-0.3, -0.25) is 0 Å². The van der Waals surface area contributed by atoms with Gasteiger partial charge in [0, 0.05) is 8.04 Å². The number of benzene rings is 1. The molecule has 0 fully saturated rings. The molecule has 72 valence electrons. The third-order valence-electron chi connectivity index (χ3n) is 1.32. The minimum absolute atomic E-state index is 0.133. The van der Waals surface area contributed by atoms with Crippen LogP contribution in [0.25, 0.3) is 0 Å². The first kappa shape index (κ1) is 11.3. The van der Waals surface area contributed by atoms with E-state index in [1.807, 2.05) is 39.0 Å². The van der Waals surface area contributed by atoms with E-state index in [0.29, 0.717) is 0 Å². The Kier molecular flexibility index (Phi) is 3.63. The molecule has 3 heteroatoms. The van der Waals surface area contributed by atoms with Crippen LogP contribution in [0.4, 0.5) is 0 Å². The highest BCUT2D eigenvalue weighted by molar-refractivity contribution is 14.1. The molecule has 0 atom stereocenters. The van der Waals surface area contributed by atoms with Crippen LogP contribution in [0.3, 0.4) is 0 Å². The van der Waals surface area contributed by atoms with E-state index in [1.54, 1.807) is 0 Å². The summed E-state index contributed by atoms with van der Waals surface area (Å²) in [7, 11) is 0. The zero-order valence-electron chi connectivity index (χ0n) is 7.90. The molecule has 1 nitrogen and oxygen atoms in total. The summed E-state index contributed by atoms with van der Waals surface area (Å²) in [5.41, 5.74) is -0.133. The van der Waals surface area contributed by atoms with E-state index in [1.165, 1.54) is 3.57 Å². The van der Waals surface area contributed by atoms with Crippen molar-refractivity contribution in [3.63, 3.8) is 0 Å². The van der Waals surface area contributed by atoms with E-state index in [2.05, 4.69) is 38.5 Å². The second-order valence-electron chi connectivity index (χ2n) is 3.79. The average molecular weight is 355 g/mol. The monoisotopic (exact) mass is 354 g/mol. The summed E-state index contributed by atoms with van der Waals surface area (Å²) in [5.74, 6) is 0.903. The Morgan fingerprint density at radius 3 is 2.38 bits per heavy atom. The van der Waals surface area contributed by atoms with Gasteiger partial charge >= 0.3 is 0 Å². The maximum atomic E-state index is 5.70. The van der Waals surface area contributed by atoms with Gasteiger partial charge in [0.1, 0.15) is 11.4 Å². The van der Waals surface area contributed by atoms with Crippen LogP contribution in [0.1, 0.15) is 20.8 Å². The highest BCUT2D eigenvalue weighted by Gasteiger charge is 2.11.